The molecule has 3 fully saturated rings. The van der Waals surface area contributed by atoms with Crippen LogP contribution in [-0.2, 0) is 14.8 Å². The molecule has 3 rings (SSSR count). The zero-order valence-corrected chi connectivity index (χ0v) is 14.1. The summed E-state index contributed by atoms with van der Waals surface area (Å²) in [4.78, 5) is 14.6. The van der Waals surface area contributed by atoms with E-state index in [4.69, 9.17) is 0 Å². The van der Waals surface area contributed by atoms with E-state index in [2.05, 4.69) is 18.7 Å². The zero-order chi connectivity index (χ0) is 15.5. The van der Waals surface area contributed by atoms with Crippen LogP contribution < -0.4 is 0 Å². The number of ketones is 1. The van der Waals surface area contributed by atoms with Gasteiger partial charge in [0.2, 0.25) is 10.0 Å². The molecular weight excluding hydrogens is 288 g/mol. The molecule has 0 spiro atoms. The number of carbonyl (C=O) groups excluding carboxylic acids is 1. The van der Waals surface area contributed by atoms with E-state index in [1.807, 2.05) is 7.05 Å². The molecule has 5 nitrogen and oxygen atoms in total. The van der Waals surface area contributed by atoms with Crippen molar-refractivity contribution < 1.29 is 13.2 Å². The molecule has 0 aromatic carbocycles. The van der Waals surface area contributed by atoms with Gasteiger partial charge in [-0.25, -0.2) is 8.42 Å². The van der Waals surface area contributed by atoms with Gasteiger partial charge < -0.3 is 4.90 Å². The molecule has 0 radical (unpaired) electrons. The third-order valence-corrected chi connectivity index (χ3v) is 8.43. The van der Waals surface area contributed by atoms with Crippen LogP contribution in [0.15, 0.2) is 0 Å². The van der Waals surface area contributed by atoms with E-state index < -0.39 is 15.4 Å². The van der Waals surface area contributed by atoms with Crippen LogP contribution in [0.4, 0.5) is 0 Å². The Kier molecular flexibility index (Phi) is 3.50. The summed E-state index contributed by atoms with van der Waals surface area (Å²) in [7, 11) is -1.34. The molecule has 2 atom stereocenters. The average molecular weight is 314 g/mol. The first kappa shape index (κ1) is 15.4. The Bertz CT molecular complexity index is 549. The highest BCUT2D eigenvalue weighted by molar-refractivity contribution is 7.89. The molecule has 2 unspecified atom stereocenters. The number of sulfonamides is 1. The molecule has 120 valence electrons. The molecule has 1 heterocycles. The van der Waals surface area contributed by atoms with Gasteiger partial charge in [-0.3, -0.25) is 4.79 Å². The Balaban J connectivity index is 1.83. The molecule has 3 aliphatic rings. The molecule has 21 heavy (non-hydrogen) atoms. The maximum absolute atomic E-state index is 12.8. The first-order valence-corrected chi connectivity index (χ1v) is 9.50. The Hall–Kier alpha value is -0.460. The number of hydrogen-bond donors (Lipinski definition) is 0. The van der Waals surface area contributed by atoms with Crippen LogP contribution in [-0.4, -0.2) is 62.4 Å². The van der Waals surface area contributed by atoms with Gasteiger partial charge in [-0.05, 0) is 31.2 Å². The molecule has 6 heteroatoms. The van der Waals surface area contributed by atoms with E-state index in [-0.39, 0.29) is 17.0 Å². The van der Waals surface area contributed by atoms with Gasteiger partial charge in [0.1, 0.15) is 5.78 Å². The Morgan fingerprint density at radius 2 is 1.81 bits per heavy atom. The lowest BCUT2D eigenvalue weighted by molar-refractivity contribution is -0.128. The minimum Gasteiger partial charge on any atom is -0.304 e. The minimum atomic E-state index is -3.35. The first-order valence-electron chi connectivity index (χ1n) is 7.89. The van der Waals surface area contributed by atoms with Crippen LogP contribution in [0.1, 0.15) is 33.1 Å². The van der Waals surface area contributed by atoms with Gasteiger partial charge in [-0.1, -0.05) is 13.8 Å². The summed E-state index contributed by atoms with van der Waals surface area (Å²) in [6.07, 6.45) is 2.32. The van der Waals surface area contributed by atoms with E-state index >= 15 is 0 Å². The van der Waals surface area contributed by atoms with Crippen LogP contribution in [0, 0.1) is 16.7 Å². The van der Waals surface area contributed by atoms with Gasteiger partial charge in [0.15, 0.2) is 0 Å². The van der Waals surface area contributed by atoms with Crippen molar-refractivity contribution in [1.29, 1.82) is 0 Å². The van der Waals surface area contributed by atoms with Crippen molar-refractivity contribution in [2.24, 2.45) is 16.7 Å². The number of carbonyl (C=O) groups is 1. The zero-order valence-electron chi connectivity index (χ0n) is 13.3. The fourth-order valence-corrected chi connectivity index (χ4v) is 6.78. The Morgan fingerprint density at radius 3 is 2.29 bits per heavy atom. The van der Waals surface area contributed by atoms with Crippen molar-refractivity contribution in [3.8, 4) is 0 Å². The van der Waals surface area contributed by atoms with Crippen molar-refractivity contribution in [2.45, 2.75) is 33.1 Å². The van der Waals surface area contributed by atoms with Gasteiger partial charge in [0.25, 0.3) is 0 Å². The average Bonchev–Trinajstić information content (AvgIpc) is 2.72. The quantitative estimate of drug-likeness (QED) is 0.778. The summed E-state index contributed by atoms with van der Waals surface area (Å²) < 4.78 is 27.2. The predicted molar refractivity (Wildman–Crippen MR) is 81.4 cm³/mol. The summed E-state index contributed by atoms with van der Waals surface area (Å²) in [6, 6.07) is 0. The lowest BCUT2D eigenvalue weighted by Gasteiger charge is -2.39. The third kappa shape index (κ3) is 2.18. The molecular formula is C15H26N2O3S. The molecule has 1 aliphatic heterocycles. The lowest BCUT2D eigenvalue weighted by Crippen LogP contribution is -2.51. The van der Waals surface area contributed by atoms with Crippen molar-refractivity contribution in [3.63, 3.8) is 0 Å². The normalized spacial score (nSPS) is 37.3. The number of likely N-dealkylation sites (N-methyl/N-ethyl adjacent to an activating group) is 1. The molecule has 2 aliphatic carbocycles. The Morgan fingerprint density at radius 1 is 1.19 bits per heavy atom. The van der Waals surface area contributed by atoms with Crippen molar-refractivity contribution in [1.82, 2.24) is 9.21 Å². The van der Waals surface area contributed by atoms with Gasteiger partial charge in [0, 0.05) is 38.0 Å². The first-order chi connectivity index (χ1) is 9.69. The van der Waals surface area contributed by atoms with E-state index in [9.17, 15) is 13.2 Å². The molecule has 0 aromatic rings. The van der Waals surface area contributed by atoms with Crippen LogP contribution >= 0.6 is 0 Å². The van der Waals surface area contributed by atoms with Gasteiger partial charge in [0.05, 0.1) is 5.75 Å². The monoisotopic (exact) mass is 314 g/mol. The third-order valence-electron chi connectivity index (χ3n) is 6.42. The summed E-state index contributed by atoms with van der Waals surface area (Å²) in [6.45, 7) is 6.82. The molecule has 0 N–H and O–H groups in total. The fraction of sp³-hybridized carbons (Fsp3) is 0.933. The molecule has 1 saturated heterocycles. The van der Waals surface area contributed by atoms with E-state index in [1.165, 1.54) is 0 Å². The van der Waals surface area contributed by atoms with Crippen molar-refractivity contribution in [3.05, 3.63) is 0 Å². The van der Waals surface area contributed by atoms with Crippen molar-refractivity contribution in [2.75, 3.05) is 39.0 Å². The summed E-state index contributed by atoms with van der Waals surface area (Å²) in [5.41, 5.74) is -0.816. The van der Waals surface area contributed by atoms with Crippen LogP contribution in [0.5, 0.6) is 0 Å². The second-order valence-electron chi connectivity index (χ2n) is 7.63. The number of fused-ring (bicyclic) bond motifs is 2. The number of piperazine rings is 1. The maximum Gasteiger partial charge on any atom is 0.215 e. The summed E-state index contributed by atoms with van der Waals surface area (Å²) >= 11 is 0. The largest absolute Gasteiger partial charge is 0.304 e. The van der Waals surface area contributed by atoms with Crippen LogP contribution in [0.3, 0.4) is 0 Å². The van der Waals surface area contributed by atoms with Crippen molar-refractivity contribution >= 4 is 15.8 Å². The molecule has 2 bridgehead atoms. The van der Waals surface area contributed by atoms with E-state index in [0.717, 1.165) is 25.9 Å². The smallest absolute Gasteiger partial charge is 0.215 e. The molecule has 0 aromatic heterocycles. The predicted octanol–water partition coefficient (Wildman–Crippen LogP) is 0.959. The van der Waals surface area contributed by atoms with E-state index in [1.54, 1.807) is 4.31 Å². The number of rotatable bonds is 3. The lowest BCUT2D eigenvalue weighted by atomic mass is 9.70. The fourth-order valence-electron chi connectivity index (χ4n) is 4.58. The topological polar surface area (TPSA) is 57.7 Å². The van der Waals surface area contributed by atoms with Crippen LogP contribution in [0.25, 0.3) is 0 Å². The highest BCUT2D eigenvalue weighted by Gasteiger charge is 2.65. The second kappa shape index (κ2) is 4.77. The Labute approximate surface area is 127 Å². The van der Waals surface area contributed by atoms with Crippen LogP contribution in [0.2, 0.25) is 0 Å². The number of nitrogens with zero attached hydrogens (tertiary/aromatic N) is 2. The second-order valence-corrected chi connectivity index (χ2v) is 9.59. The molecule has 2 saturated carbocycles. The SMILES string of the molecule is CN1CCN(S(=O)(=O)CC23CCC(CC2=O)C3(C)C)CC1. The number of Topliss-reactive ketones (excluding diaryl/α,β-unsaturated/α-hetero) is 1. The summed E-state index contributed by atoms with van der Waals surface area (Å²) in [5, 5.41) is 0. The number of hydrogen-bond acceptors (Lipinski definition) is 4. The highest BCUT2D eigenvalue weighted by Crippen LogP contribution is 2.64. The van der Waals surface area contributed by atoms with Gasteiger partial charge in [-0.2, -0.15) is 4.31 Å². The summed E-state index contributed by atoms with van der Waals surface area (Å²) in [5.74, 6) is 0.570. The van der Waals surface area contributed by atoms with Gasteiger partial charge >= 0.3 is 0 Å². The minimum absolute atomic E-state index is 0.0199. The highest BCUT2D eigenvalue weighted by atomic mass is 32.2. The molecule has 0 amide bonds. The maximum atomic E-state index is 12.8. The van der Waals surface area contributed by atoms with E-state index in [0.29, 0.717) is 25.4 Å². The van der Waals surface area contributed by atoms with Gasteiger partial charge in [-0.15, -0.1) is 0 Å². The standard InChI is InChI=1S/C15H26N2O3S/c1-14(2)12-4-5-15(14,13(18)10-12)11-21(19,20)17-8-6-16(3)7-9-17/h12H,4-11H2,1-3H3.